The van der Waals surface area contributed by atoms with Gasteiger partial charge in [0.15, 0.2) is 0 Å². The molecule has 0 bridgehead atoms. The topological polar surface area (TPSA) is 41.5 Å². The van der Waals surface area contributed by atoms with Gasteiger partial charge in [-0.2, -0.15) is 0 Å². The van der Waals surface area contributed by atoms with Gasteiger partial charge < -0.3 is 5.32 Å². The van der Waals surface area contributed by atoms with Gasteiger partial charge in [-0.25, -0.2) is 9.79 Å². The van der Waals surface area contributed by atoms with E-state index in [0.717, 1.165) is 29.9 Å². The van der Waals surface area contributed by atoms with E-state index in [9.17, 15) is 4.79 Å². The number of rotatable bonds is 3. The Bertz CT molecular complexity index is 736. The molecule has 3 rings (SSSR count). The third-order valence-electron chi connectivity index (χ3n) is 5.96. The molecule has 0 amide bonds. The van der Waals surface area contributed by atoms with Crippen molar-refractivity contribution in [3.05, 3.63) is 35.0 Å². The van der Waals surface area contributed by atoms with E-state index in [4.69, 9.17) is 0 Å². The molecule has 0 aliphatic heterocycles. The Hall–Kier alpha value is -1.86. The van der Waals surface area contributed by atoms with E-state index in [-0.39, 0.29) is 5.41 Å². The number of amidine groups is 1. The summed E-state index contributed by atoms with van der Waals surface area (Å²) in [5.41, 5.74) is 4.79. The normalized spacial score (nSPS) is 19.8. The predicted molar refractivity (Wildman–Crippen MR) is 104 cm³/mol. The summed E-state index contributed by atoms with van der Waals surface area (Å²) in [4.78, 5) is 16.1. The molecule has 0 radical (unpaired) electrons. The zero-order chi connectivity index (χ0) is 18.2. The van der Waals surface area contributed by atoms with Crippen molar-refractivity contribution in [3.63, 3.8) is 0 Å². The number of nitrogens with zero attached hydrogens (tertiary/aromatic N) is 1. The quantitative estimate of drug-likeness (QED) is 0.466. The standard InChI is InChI=1S/C22H30N2O/c1-15-11-18(21(3,4)5)7-8-19(15)23-16(2)24-20(14-25)17-12-22(13-17)9-6-10-22/h7-8,11,17H,6,9-10,12-13H2,1-5H3,(H,23,24). The minimum Gasteiger partial charge on any atom is -0.338 e. The van der Waals surface area contributed by atoms with Gasteiger partial charge in [0, 0.05) is 5.92 Å². The van der Waals surface area contributed by atoms with Crippen molar-refractivity contribution in [2.45, 2.75) is 72.1 Å². The second kappa shape index (κ2) is 6.46. The fourth-order valence-electron chi connectivity index (χ4n) is 4.14. The Balaban J connectivity index is 1.68. The lowest BCUT2D eigenvalue weighted by Gasteiger charge is -2.54. The van der Waals surface area contributed by atoms with E-state index in [1.54, 1.807) is 0 Å². The van der Waals surface area contributed by atoms with E-state index >= 15 is 0 Å². The molecule has 134 valence electrons. The fraction of sp³-hybridized carbons (Fsp3) is 0.591. The molecule has 3 nitrogen and oxygen atoms in total. The van der Waals surface area contributed by atoms with Gasteiger partial charge in [-0.3, -0.25) is 0 Å². The number of hydrogen-bond acceptors (Lipinski definition) is 2. The van der Waals surface area contributed by atoms with Crippen molar-refractivity contribution in [2.24, 2.45) is 16.3 Å². The Kier molecular flexibility index (Phi) is 4.64. The van der Waals surface area contributed by atoms with Gasteiger partial charge in [-0.1, -0.05) is 39.3 Å². The molecule has 25 heavy (non-hydrogen) atoms. The van der Waals surface area contributed by atoms with Crippen LogP contribution in [-0.2, 0) is 10.2 Å². The zero-order valence-electron chi connectivity index (χ0n) is 16.2. The first kappa shape index (κ1) is 17.9. The molecule has 1 spiro atoms. The van der Waals surface area contributed by atoms with Crippen molar-refractivity contribution < 1.29 is 4.79 Å². The van der Waals surface area contributed by atoms with Gasteiger partial charge >= 0.3 is 0 Å². The number of benzene rings is 1. The monoisotopic (exact) mass is 338 g/mol. The van der Waals surface area contributed by atoms with Crippen LogP contribution in [-0.4, -0.2) is 11.8 Å². The van der Waals surface area contributed by atoms with Gasteiger partial charge in [-0.05, 0) is 67.6 Å². The summed E-state index contributed by atoms with van der Waals surface area (Å²) in [6, 6.07) is 6.41. The van der Waals surface area contributed by atoms with Crippen LogP contribution in [0.15, 0.2) is 28.9 Å². The molecule has 3 heteroatoms. The highest BCUT2D eigenvalue weighted by Crippen LogP contribution is 2.59. The number of aliphatic imine (C=N–C) groups is 1. The molecule has 1 N–H and O–H groups in total. The molecule has 0 saturated heterocycles. The van der Waals surface area contributed by atoms with Crippen molar-refractivity contribution in [1.82, 2.24) is 5.32 Å². The lowest BCUT2D eigenvalue weighted by atomic mass is 9.51. The van der Waals surface area contributed by atoms with Crippen LogP contribution in [0.1, 0.15) is 70.9 Å². The molecule has 1 aromatic rings. The summed E-state index contributed by atoms with van der Waals surface area (Å²) >= 11 is 0. The molecule has 1 aromatic carbocycles. The highest BCUT2D eigenvalue weighted by Gasteiger charge is 2.49. The maximum Gasteiger partial charge on any atom is 0.146 e. The minimum absolute atomic E-state index is 0.134. The van der Waals surface area contributed by atoms with Gasteiger partial charge in [0.05, 0.1) is 5.69 Å². The summed E-state index contributed by atoms with van der Waals surface area (Å²) in [5, 5.41) is 3.22. The summed E-state index contributed by atoms with van der Waals surface area (Å²) < 4.78 is 0. The Labute approximate surface area is 151 Å². The molecule has 0 unspecified atom stereocenters. The Morgan fingerprint density at radius 3 is 2.44 bits per heavy atom. The third kappa shape index (κ3) is 3.72. The molecule has 0 aromatic heterocycles. The van der Waals surface area contributed by atoms with E-state index in [1.807, 2.05) is 6.92 Å². The first-order valence-electron chi connectivity index (χ1n) is 9.41. The van der Waals surface area contributed by atoms with E-state index in [0.29, 0.717) is 17.0 Å². The average Bonchev–Trinajstić information content (AvgIpc) is 2.44. The van der Waals surface area contributed by atoms with Crippen LogP contribution in [0.3, 0.4) is 0 Å². The molecule has 0 heterocycles. The van der Waals surface area contributed by atoms with Gasteiger partial charge in [-0.15, -0.1) is 0 Å². The lowest BCUT2D eigenvalue weighted by molar-refractivity contribution is -0.00975. The van der Waals surface area contributed by atoms with Crippen molar-refractivity contribution >= 4 is 17.5 Å². The van der Waals surface area contributed by atoms with E-state index in [2.05, 4.69) is 62.1 Å². The smallest absolute Gasteiger partial charge is 0.146 e. The molecule has 2 saturated carbocycles. The second-order valence-electron chi connectivity index (χ2n) is 9.05. The van der Waals surface area contributed by atoms with Crippen LogP contribution < -0.4 is 5.32 Å². The molecule has 2 fully saturated rings. The summed E-state index contributed by atoms with van der Waals surface area (Å²) in [7, 11) is 0. The second-order valence-corrected chi connectivity index (χ2v) is 9.05. The molecule has 0 atom stereocenters. The number of hydrogen-bond donors (Lipinski definition) is 1. The van der Waals surface area contributed by atoms with Crippen molar-refractivity contribution in [1.29, 1.82) is 0 Å². The summed E-state index contributed by atoms with van der Waals surface area (Å²) in [6.07, 6.45) is 6.29. The van der Waals surface area contributed by atoms with Crippen LogP contribution >= 0.6 is 0 Å². The highest BCUT2D eigenvalue weighted by molar-refractivity contribution is 5.86. The van der Waals surface area contributed by atoms with Crippen LogP contribution in [0.25, 0.3) is 0 Å². The zero-order valence-corrected chi connectivity index (χ0v) is 16.2. The number of aryl methyl sites for hydroxylation is 1. The number of nitrogens with one attached hydrogen (secondary N) is 1. The Morgan fingerprint density at radius 1 is 1.28 bits per heavy atom. The SMILES string of the molecule is CC(=Nc1ccc(C(C)(C)C)cc1C)NC(=C=O)C1CC2(CCC2)C1. The van der Waals surface area contributed by atoms with Crippen molar-refractivity contribution in [3.8, 4) is 0 Å². The van der Waals surface area contributed by atoms with Gasteiger partial charge in [0.25, 0.3) is 0 Å². The molecular formula is C22H30N2O. The largest absolute Gasteiger partial charge is 0.338 e. The molecular weight excluding hydrogens is 308 g/mol. The van der Waals surface area contributed by atoms with Crippen LogP contribution in [0.2, 0.25) is 0 Å². The fourth-order valence-corrected chi connectivity index (χ4v) is 4.14. The minimum atomic E-state index is 0.134. The molecule has 2 aliphatic carbocycles. The van der Waals surface area contributed by atoms with Crippen LogP contribution in [0, 0.1) is 18.3 Å². The first-order valence-corrected chi connectivity index (χ1v) is 9.41. The van der Waals surface area contributed by atoms with Crippen LogP contribution in [0.5, 0.6) is 0 Å². The highest BCUT2D eigenvalue weighted by atomic mass is 16.1. The maximum atomic E-state index is 11.4. The average molecular weight is 338 g/mol. The Morgan fingerprint density at radius 2 is 1.96 bits per heavy atom. The van der Waals surface area contributed by atoms with E-state index < -0.39 is 0 Å². The lowest BCUT2D eigenvalue weighted by Crippen LogP contribution is -2.45. The third-order valence-corrected chi connectivity index (χ3v) is 5.96. The first-order chi connectivity index (χ1) is 11.7. The number of carbonyl (C=O) groups excluding carboxylic acids is 1. The van der Waals surface area contributed by atoms with Crippen molar-refractivity contribution in [2.75, 3.05) is 0 Å². The number of allylic oxidation sites excluding steroid dienone is 1. The van der Waals surface area contributed by atoms with Crippen LogP contribution in [0.4, 0.5) is 5.69 Å². The summed E-state index contributed by atoms with van der Waals surface area (Å²) in [5.74, 6) is 3.23. The predicted octanol–water partition coefficient (Wildman–Crippen LogP) is 5.23. The summed E-state index contributed by atoms with van der Waals surface area (Å²) in [6.45, 7) is 10.7. The maximum absolute atomic E-state index is 11.4. The van der Waals surface area contributed by atoms with E-state index in [1.165, 1.54) is 24.8 Å². The van der Waals surface area contributed by atoms with Gasteiger partial charge in [0.2, 0.25) is 0 Å². The molecule has 2 aliphatic rings. The van der Waals surface area contributed by atoms with Gasteiger partial charge in [0.1, 0.15) is 17.5 Å².